The van der Waals surface area contributed by atoms with Crippen LogP contribution in [0.1, 0.15) is 12.0 Å². The maximum atomic E-state index is 13.8. The van der Waals surface area contributed by atoms with Gasteiger partial charge in [0.15, 0.2) is 0 Å². The Balaban J connectivity index is 1.55. The summed E-state index contributed by atoms with van der Waals surface area (Å²) < 4.78 is 34.1. The topological polar surface area (TPSA) is 115 Å². The Hall–Kier alpha value is -3.69. The molecule has 0 aliphatic carbocycles. The number of likely N-dealkylation sites (N-methyl/N-ethyl adjacent to an activating group) is 1. The number of pyridine rings is 1. The van der Waals surface area contributed by atoms with Gasteiger partial charge in [0.1, 0.15) is 17.1 Å². The minimum absolute atomic E-state index is 0.118. The second kappa shape index (κ2) is 8.51. The summed E-state index contributed by atoms with van der Waals surface area (Å²) in [6, 6.07) is 19.7. The Bertz CT molecular complexity index is 1570. The SMILES string of the molecule is COc1ccc2ccc(S(=O)(=O)N(C)[C@@]3(Cc4ccc5ccc(N)nc5c4)CCNC3=O)cc2c1. The predicted octanol–water partition coefficient (Wildman–Crippen LogP) is 3.10. The number of nitrogens with two attached hydrogens (primary N) is 1. The van der Waals surface area contributed by atoms with Crippen molar-refractivity contribution in [2.75, 3.05) is 26.4 Å². The van der Waals surface area contributed by atoms with E-state index in [1.165, 1.54) is 11.4 Å². The summed E-state index contributed by atoms with van der Waals surface area (Å²) >= 11 is 0. The third-order valence-electron chi connectivity index (χ3n) is 6.80. The highest BCUT2D eigenvalue weighted by atomic mass is 32.2. The molecule has 0 unspecified atom stereocenters. The second-order valence-corrected chi connectivity index (χ2v) is 10.8. The van der Waals surface area contributed by atoms with Crippen LogP contribution in [0.15, 0.2) is 71.6 Å². The Morgan fingerprint density at radius 1 is 1.03 bits per heavy atom. The lowest BCUT2D eigenvalue weighted by molar-refractivity contribution is -0.126. The molecule has 0 bridgehead atoms. The molecular weight excluding hydrogens is 464 g/mol. The molecule has 35 heavy (non-hydrogen) atoms. The van der Waals surface area contributed by atoms with Crippen molar-refractivity contribution in [2.45, 2.75) is 23.3 Å². The predicted molar refractivity (Wildman–Crippen MR) is 136 cm³/mol. The minimum atomic E-state index is -4.00. The fourth-order valence-corrected chi connectivity index (χ4v) is 6.28. The van der Waals surface area contributed by atoms with E-state index in [2.05, 4.69) is 10.3 Å². The average molecular weight is 491 g/mol. The van der Waals surface area contributed by atoms with Crippen LogP contribution < -0.4 is 15.8 Å². The molecule has 5 rings (SSSR count). The molecule has 0 saturated carbocycles. The van der Waals surface area contributed by atoms with Gasteiger partial charge in [-0.3, -0.25) is 4.79 Å². The third-order valence-corrected chi connectivity index (χ3v) is 8.72. The lowest BCUT2D eigenvalue weighted by atomic mass is 9.89. The first-order valence-corrected chi connectivity index (χ1v) is 12.7. The Kier molecular flexibility index (Phi) is 5.61. The van der Waals surface area contributed by atoms with Gasteiger partial charge in [-0.1, -0.05) is 24.3 Å². The van der Waals surface area contributed by atoms with Gasteiger partial charge < -0.3 is 15.8 Å². The number of benzene rings is 3. The van der Waals surface area contributed by atoms with Gasteiger partial charge >= 0.3 is 0 Å². The van der Waals surface area contributed by atoms with Gasteiger partial charge in [0.05, 0.1) is 17.5 Å². The zero-order chi connectivity index (χ0) is 24.8. The summed E-state index contributed by atoms with van der Waals surface area (Å²) in [7, 11) is -0.954. The van der Waals surface area contributed by atoms with Crippen LogP contribution >= 0.6 is 0 Å². The maximum absolute atomic E-state index is 13.8. The molecule has 1 fully saturated rings. The number of hydrogen-bond acceptors (Lipinski definition) is 6. The van der Waals surface area contributed by atoms with Crippen molar-refractivity contribution in [1.29, 1.82) is 0 Å². The van der Waals surface area contributed by atoms with Crippen LogP contribution in [0.4, 0.5) is 5.82 Å². The molecule has 3 N–H and O–H groups in total. The van der Waals surface area contributed by atoms with Crippen LogP contribution in [0.3, 0.4) is 0 Å². The first-order valence-electron chi connectivity index (χ1n) is 11.2. The number of hydrogen-bond donors (Lipinski definition) is 2. The number of nitrogens with zero attached hydrogens (tertiary/aromatic N) is 2. The second-order valence-electron chi connectivity index (χ2n) is 8.82. The molecule has 9 heteroatoms. The first-order chi connectivity index (χ1) is 16.7. The summed E-state index contributed by atoms with van der Waals surface area (Å²) in [4.78, 5) is 17.7. The molecule has 1 aromatic heterocycles. The molecule has 1 atom stereocenters. The zero-order valence-electron chi connectivity index (χ0n) is 19.5. The van der Waals surface area contributed by atoms with E-state index in [9.17, 15) is 13.2 Å². The Morgan fingerprint density at radius 3 is 2.51 bits per heavy atom. The number of nitrogen functional groups attached to an aromatic ring is 1. The number of sulfonamides is 1. The van der Waals surface area contributed by atoms with Gasteiger partial charge in [0.2, 0.25) is 15.9 Å². The molecule has 3 aromatic carbocycles. The Labute approximate surface area is 203 Å². The highest BCUT2D eigenvalue weighted by molar-refractivity contribution is 7.89. The highest BCUT2D eigenvalue weighted by Crippen LogP contribution is 2.34. The number of fused-ring (bicyclic) bond motifs is 2. The molecule has 0 spiro atoms. The number of rotatable bonds is 6. The number of nitrogens with one attached hydrogen (secondary N) is 1. The van der Waals surface area contributed by atoms with E-state index in [1.807, 2.05) is 36.4 Å². The lowest BCUT2D eigenvalue weighted by Gasteiger charge is -2.35. The van der Waals surface area contributed by atoms with Gasteiger partial charge in [0, 0.05) is 25.4 Å². The van der Waals surface area contributed by atoms with E-state index in [4.69, 9.17) is 10.5 Å². The molecule has 8 nitrogen and oxygen atoms in total. The van der Waals surface area contributed by atoms with Gasteiger partial charge in [-0.2, -0.15) is 4.31 Å². The van der Waals surface area contributed by atoms with Gasteiger partial charge in [-0.25, -0.2) is 13.4 Å². The number of anilines is 1. The molecule has 1 aliphatic heterocycles. The van der Waals surface area contributed by atoms with E-state index < -0.39 is 15.6 Å². The molecule has 1 aliphatic rings. The Morgan fingerprint density at radius 2 is 1.77 bits per heavy atom. The van der Waals surface area contributed by atoms with Gasteiger partial charge in [-0.15, -0.1) is 0 Å². The largest absolute Gasteiger partial charge is 0.497 e. The maximum Gasteiger partial charge on any atom is 0.243 e. The van der Waals surface area contributed by atoms with Crippen LogP contribution in [0.2, 0.25) is 0 Å². The first kappa shape index (κ1) is 23.1. The number of ether oxygens (including phenoxy) is 1. The van der Waals surface area contributed by atoms with E-state index >= 15 is 0 Å². The molecule has 4 aromatic rings. The van der Waals surface area contributed by atoms with Crippen molar-refractivity contribution in [3.63, 3.8) is 0 Å². The van der Waals surface area contributed by atoms with Crippen molar-refractivity contribution in [1.82, 2.24) is 14.6 Å². The van der Waals surface area contributed by atoms with E-state index in [1.54, 1.807) is 37.4 Å². The molecule has 1 saturated heterocycles. The number of amides is 1. The van der Waals surface area contributed by atoms with Crippen molar-refractivity contribution >= 4 is 43.4 Å². The van der Waals surface area contributed by atoms with E-state index in [0.29, 0.717) is 30.0 Å². The number of aromatic nitrogens is 1. The average Bonchev–Trinajstić information content (AvgIpc) is 3.22. The summed E-state index contributed by atoms with van der Waals surface area (Å²) in [6.07, 6.45) is 0.563. The standard InChI is InChI=1S/C26H26N4O4S/c1-30(35(32,33)22-9-6-18-5-8-21(34-2)14-20(18)15-22)26(11-12-28-25(26)31)16-17-3-4-19-7-10-24(27)29-23(19)13-17/h3-10,13-15H,11-12,16H2,1-2H3,(H2,27,29)(H,28,31)/t26-/m1/s1. The van der Waals surface area contributed by atoms with Crippen LogP contribution in [0.5, 0.6) is 5.75 Å². The van der Waals surface area contributed by atoms with Crippen molar-refractivity contribution < 1.29 is 17.9 Å². The summed E-state index contributed by atoms with van der Waals surface area (Å²) in [5.41, 5.74) is 6.08. The van der Waals surface area contributed by atoms with E-state index in [-0.39, 0.29) is 17.2 Å². The van der Waals surface area contributed by atoms with Crippen LogP contribution in [-0.2, 0) is 21.2 Å². The highest BCUT2D eigenvalue weighted by Gasteiger charge is 2.50. The fourth-order valence-electron chi connectivity index (χ4n) is 4.75. The van der Waals surface area contributed by atoms with Crippen LogP contribution in [0.25, 0.3) is 21.7 Å². The normalized spacial score (nSPS) is 18.3. The van der Waals surface area contributed by atoms with Gasteiger partial charge in [-0.05, 0) is 65.2 Å². The van der Waals surface area contributed by atoms with Crippen molar-refractivity contribution in [3.8, 4) is 5.75 Å². The number of methoxy groups -OCH3 is 1. The van der Waals surface area contributed by atoms with Crippen molar-refractivity contribution in [3.05, 3.63) is 72.3 Å². The smallest absolute Gasteiger partial charge is 0.243 e. The van der Waals surface area contributed by atoms with E-state index in [0.717, 1.165) is 21.7 Å². The number of carbonyl (C=O) groups excluding carboxylic acids is 1. The minimum Gasteiger partial charge on any atom is -0.497 e. The summed E-state index contributed by atoms with van der Waals surface area (Å²) in [5.74, 6) is 0.722. The zero-order valence-corrected chi connectivity index (χ0v) is 20.3. The monoisotopic (exact) mass is 490 g/mol. The molecule has 180 valence electrons. The quantitative estimate of drug-likeness (QED) is 0.429. The molecule has 1 amide bonds. The summed E-state index contributed by atoms with van der Waals surface area (Å²) in [6.45, 7) is 0.395. The van der Waals surface area contributed by atoms with Crippen LogP contribution in [-0.4, -0.2) is 49.9 Å². The van der Waals surface area contributed by atoms with Crippen molar-refractivity contribution in [2.24, 2.45) is 0 Å². The molecule has 2 heterocycles. The van der Waals surface area contributed by atoms with Crippen LogP contribution in [0, 0.1) is 0 Å². The molecule has 0 radical (unpaired) electrons. The fraction of sp³-hybridized carbons (Fsp3) is 0.231. The number of carbonyl (C=O) groups is 1. The lowest BCUT2D eigenvalue weighted by Crippen LogP contribution is -2.55. The van der Waals surface area contributed by atoms with Gasteiger partial charge in [0.25, 0.3) is 0 Å². The summed E-state index contributed by atoms with van der Waals surface area (Å²) in [5, 5.41) is 5.38. The molecular formula is C26H26N4O4S. The third kappa shape index (κ3) is 3.96.